The minimum absolute atomic E-state index is 0.0470. The number of rotatable bonds is 5. The van der Waals surface area contributed by atoms with Gasteiger partial charge in [0.1, 0.15) is 0 Å². The standard InChI is InChI=1S/C17H35N3O2/c1-13-8-7-9-20(11-13)17(5,6)12-19-15(22)18-10-14(21)16(2,3)4/h13-14,21H,7-12H2,1-6H3,(H2,18,19,22). The van der Waals surface area contributed by atoms with Crippen LogP contribution in [0.25, 0.3) is 0 Å². The molecule has 5 heteroatoms. The molecule has 0 aromatic rings. The molecule has 0 aromatic carbocycles. The molecule has 1 aliphatic heterocycles. The van der Waals surface area contributed by atoms with E-state index in [2.05, 4.69) is 36.3 Å². The Morgan fingerprint density at radius 2 is 1.91 bits per heavy atom. The third-order valence-electron chi connectivity index (χ3n) is 4.65. The highest BCUT2D eigenvalue weighted by molar-refractivity contribution is 5.73. The second-order valence-electron chi connectivity index (χ2n) is 8.45. The first kappa shape index (κ1) is 19.2. The van der Waals surface area contributed by atoms with E-state index in [1.807, 2.05) is 20.8 Å². The number of hydrogen-bond donors (Lipinski definition) is 3. The Morgan fingerprint density at radius 1 is 1.27 bits per heavy atom. The van der Waals surface area contributed by atoms with Crippen LogP contribution in [0.5, 0.6) is 0 Å². The second kappa shape index (κ2) is 7.64. The molecule has 1 rings (SSSR count). The van der Waals surface area contributed by atoms with Gasteiger partial charge in [-0.25, -0.2) is 4.79 Å². The van der Waals surface area contributed by atoms with Crippen LogP contribution in [0.2, 0.25) is 0 Å². The van der Waals surface area contributed by atoms with Gasteiger partial charge in [0, 0.05) is 25.2 Å². The fourth-order valence-electron chi connectivity index (χ4n) is 2.71. The fourth-order valence-corrected chi connectivity index (χ4v) is 2.71. The molecule has 3 N–H and O–H groups in total. The van der Waals surface area contributed by atoms with E-state index in [0.29, 0.717) is 6.54 Å². The lowest BCUT2D eigenvalue weighted by Crippen LogP contribution is -2.56. The highest BCUT2D eigenvalue weighted by Crippen LogP contribution is 2.23. The van der Waals surface area contributed by atoms with Crippen molar-refractivity contribution in [3.05, 3.63) is 0 Å². The van der Waals surface area contributed by atoms with E-state index in [1.54, 1.807) is 0 Å². The number of aliphatic hydroxyl groups excluding tert-OH is 1. The summed E-state index contributed by atoms with van der Waals surface area (Å²) in [4.78, 5) is 14.4. The molecule has 1 fully saturated rings. The number of amides is 2. The Kier molecular flexibility index (Phi) is 6.68. The third kappa shape index (κ3) is 6.13. The number of hydrogen-bond acceptors (Lipinski definition) is 3. The second-order valence-corrected chi connectivity index (χ2v) is 8.45. The monoisotopic (exact) mass is 313 g/mol. The molecule has 0 spiro atoms. The van der Waals surface area contributed by atoms with Gasteiger partial charge in [-0.15, -0.1) is 0 Å². The van der Waals surface area contributed by atoms with Gasteiger partial charge < -0.3 is 15.7 Å². The summed E-state index contributed by atoms with van der Waals surface area (Å²) in [7, 11) is 0. The summed E-state index contributed by atoms with van der Waals surface area (Å²) < 4.78 is 0. The number of carbonyl (C=O) groups is 1. The molecule has 0 aliphatic carbocycles. The van der Waals surface area contributed by atoms with Gasteiger partial charge in [0.05, 0.1) is 6.10 Å². The van der Waals surface area contributed by atoms with Gasteiger partial charge in [0.15, 0.2) is 0 Å². The molecule has 0 aromatic heterocycles. The lowest BCUT2D eigenvalue weighted by atomic mass is 9.89. The Hall–Kier alpha value is -0.810. The van der Waals surface area contributed by atoms with Crippen LogP contribution in [0.3, 0.4) is 0 Å². The average molecular weight is 313 g/mol. The zero-order chi connectivity index (χ0) is 17.0. The summed E-state index contributed by atoms with van der Waals surface area (Å²) in [5, 5.41) is 15.6. The van der Waals surface area contributed by atoms with Gasteiger partial charge in [-0.3, -0.25) is 4.90 Å². The van der Waals surface area contributed by atoms with Crippen molar-refractivity contribution < 1.29 is 9.90 Å². The molecule has 1 heterocycles. The summed E-state index contributed by atoms with van der Waals surface area (Å²) in [5.41, 5.74) is -0.273. The number of nitrogens with zero attached hydrogens (tertiary/aromatic N) is 1. The molecule has 1 aliphatic rings. The Morgan fingerprint density at radius 3 is 2.45 bits per heavy atom. The summed E-state index contributed by atoms with van der Waals surface area (Å²) in [6.45, 7) is 15.6. The zero-order valence-electron chi connectivity index (χ0n) is 15.2. The minimum atomic E-state index is -0.547. The molecular formula is C17H35N3O2. The molecule has 0 bridgehead atoms. The molecule has 2 amide bonds. The molecule has 0 radical (unpaired) electrons. The molecule has 5 nitrogen and oxygen atoms in total. The summed E-state index contributed by atoms with van der Waals surface area (Å²) in [6.07, 6.45) is 1.98. The smallest absolute Gasteiger partial charge is 0.314 e. The largest absolute Gasteiger partial charge is 0.391 e. The molecular weight excluding hydrogens is 278 g/mol. The van der Waals surface area contributed by atoms with Crippen molar-refractivity contribution in [2.75, 3.05) is 26.2 Å². The van der Waals surface area contributed by atoms with Gasteiger partial charge >= 0.3 is 6.03 Å². The zero-order valence-corrected chi connectivity index (χ0v) is 15.2. The van der Waals surface area contributed by atoms with Crippen LogP contribution in [0.15, 0.2) is 0 Å². The number of likely N-dealkylation sites (tertiary alicyclic amines) is 1. The number of nitrogens with one attached hydrogen (secondary N) is 2. The van der Waals surface area contributed by atoms with Crippen LogP contribution in [0, 0.1) is 11.3 Å². The Bertz CT molecular complexity index is 363. The molecule has 22 heavy (non-hydrogen) atoms. The SMILES string of the molecule is CC1CCCN(C(C)(C)CNC(=O)NCC(O)C(C)(C)C)C1. The molecule has 2 atom stereocenters. The maximum absolute atomic E-state index is 11.9. The molecule has 0 saturated carbocycles. The summed E-state index contributed by atoms with van der Waals surface area (Å²) >= 11 is 0. The quantitative estimate of drug-likeness (QED) is 0.729. The Balaban J connectivity index is 2.36. The van der Waals surface area contributed by atoms with E-state index in [0.717, 1.165) is 19.0 Å². The van der Waals surface area contributed by atoms with Crippen molar-refractivity contribution in [1.82, 2.24) is 15.5 Å². The van der Waals surface area contributed by atoms with E-state index in [-0.39, 0.29) is 23.5 Å². The van der Waals surface area contributed by atoms with Gasteiger partial charge in [-0.05, 0) is 44.6 Å². The first-order valence-corrected chi connectivity index (χ1v) is 8.47. The van der Waals surface area contributed by atoms with E-state index in [1.165, 1.54) is 12.8 Å². The lowest BCUT2D eigenvalue weighted by molar-refractivity contribution is 0.0631. The van der Waals surface area contributed by atoms with Gasteiger partial charge in [-0.1, -0.05) is 27.7 Å². The van der Waals surface area contributed by atoms with Gasteiger partial charge in [0.2, 0.25) is 0 Å². The van der Waals surface area contributed by atoms with E-state index in [4.69, 9.17) is 0 Å². The van der Waals surface area contributed by atoms with E-state index < -0.39 is 6.10 Å². The van der Waals surface area contributed by atoms with Crippen molar-refractivity contribution in [2.24, 2.45) is 11.3 Å². The van der Waals surface area contributed by atoms with Crippen molar-refractivity contribution in [3.8, 4) is 0 Å². The van der Waals surface area contributed by atoms with Gasteiger partial charge in [-0.2, -0.15) is 0 Å². The van der Waals surface area contributed by atoms with Crippen molar-refractivity contribution in [1.29, 1.82) is 0 Å². The van der Waals surface area contributed by atoms with Crippen molar-refractivity contribution in [3.63, 3.8) is 0 Å². The normalized spacial score (nSPS) is 22.2. The highest BCUT2D eigenvalue weighted by atomic mass is 16.3. The molecule has 1 saturated heterocycles. The highest BCUT2D eigenvalue weighted by Gasteiger charge is 2.30. The van der Waals surface area contributed by atoms with Crippen LogP contribution in [-0.2, 0) is 0 Å². The third-order valence-corrected chi connectivity index (χ3v) is 4.65. The van der Waals surface area contributed by atoms with Crippen LogP contribution in [0.1, 0.15) is 54.4 Å². The van der Waals surface area contributed by atoms with Crippen LogP contribution < -0.4 is 10.6 Å². The molecule has 2 unspecified atom stereocenters. The topological polar surface area (TPSA) is 64.6 Å². The van der Waals surface area contributed by atoms with Crippen LogP contribution in [0.4, 0.5) is 4.79 Å². The van der Waals surface area contributed by atoms with Crippen molar-refractivity contribution >= 4 is 6.03 Å². The van der Waals surface area contributed by atoms with Crippen LogP contribution >= 0.6 is 0 Å². The lowest BCUT2D eigenvalue weighted by Gasteiger charge is -2.43. The maximum atomic E-state index is 11.9. The van der Waals surface area contributed by atoms with E-state index in [9.17, 15) is 9.90 Å². The summed E-state index contributed by atoms with van der Waals surface area (Å²) in [6, 6.07) is -0.207. The predicted octanol–water partition coefficient (Wildman–Crippen LogP) is 2.20. The van der Waals surface area contributed by atoms with Crippen LogP contribution in [-0.4, -0.2) is 53.9 Å². The fraction of sp³-hybridized carbons (Fsp3) is 0.941. The van der Waals surface area contributed by atoms with Crippen molar-refractivity contribution in [2.45, 2.75) is 66.0 Å². The number of urea groups is 1. The Labute approximate surface area is 135 Å². The van der Waals surface area contributed by atoms with E-state index >= 15 is 0 Å². The number of piperidine rings is 1. The first-order chi connectivity index (χ1) is 10.0. The maximum Gasteiger partial charge on any atom is 0.314 e. The number of aliphatic hydroxyl groups is 1. The predicted molar refractivity (Wildman–Crippen MR) is 90.9 cm³/mol. The average Bonchev–Trinajstić information content (AvgIpc) is 2.41. The summed E-state index contributed by atoms with van der Waals surface area (Å²) in [5.74, 6) is 0.726. The van der Waals surface area contributed by atoms with Gasteiger partial charge in [0.25, 0.3) is 0 Å². The first-order valence-electron chi connectivity index (χ1n) is 8.47. The minimum Gasteiger partial charge on any atom is -0.391 e. The number of carbonyl (C=O) groups excluding carboxylic acids is 1. The molecule has 130 valence electrons.